The number of aliphatic hydroxyl groups is 1. The van der Waals surface area contributed by atoms with E-state index in [1.165, 1.54) is 0 Å². The lowest BCUT2D eigenvalue weighted by atomic mass is 10.1. The van der Waals surface area contributed by atoms with Crippen LogP contribution in [0.25, 0.3) is 0 Å². The molecular weight excluding hydrogens is 468 g/mol. The minimum absolute atomic E-state index is 0.229. The summed E-state index contributed by atoms with van der Waals surface area (Å²) in [5.74, 6) is -6.27. The number of carbonyl (C=O) groups is 6. The molecule has 0 fully saturated rings. The SMILES string of the molecule is CC(O)C(NC(=O)C(CCC(N)=O)NC(=O)C(N)CCCCN)C(=O)NC(CCC(=O)O)C(=O)O. The van der Waals surface area contributed by atoms with Gasteiger partial charge in [-0.15, -0.1) is 0 Å². The van der Waals surface area contributed by atoms with Gasteiger partial charge in [0, 0.05) is 12.8 Å². The number of carboxylic acid groups (broad SMARTS) is 2. The molecule has 0 aromatic rings. The highest BCUT2D eigenvalue weighted by atomic mass is 16.4. The molecule has 0 bridgehead atoms. The van der Waals surface area contributed by atoms with Gasteiger partial charge < -0.3 is 48.5 Å². The van der Waals surface area contributed by atoms with Crippen LogP contribution in [0.1, 0.15) is 51.9 Å². The Hall–Kier alpha value is -3.30. The van der Waals surface area contributed by atoms with Gasteiger partial charge in [0.15, 0.2) is 0 Å². The van der Waals surface area contributed by atoms with Crippen LogP contribution in [-0.2, 0) is 28.8 Å². The molecule has 0 saturated carbocycles. The van der Waals surface area contributed by atoms with Gasteiger partial charge in [0.05, 0.1) is 12.1 Å². The van der Waals surface area contributed by atoms with Crippen molar-refractivity contribution in [2.24, 2.45) is 17.2 Å². The Balaban J connectivity index is 5.42. The molecule has 0 aliphatic rings. The van der Waals surface area contributed by atoms with Crippen molar-refractivity contribution in [1.82, 2.24) is 16.0 Å². The summed E-state index contributed by atoms with van der Waals surface area (Å²) in [6.45, 7) is 1.57. The minimum atomic E-state index is -1.65. The molecule has 0 aliphatic heterocycles. The fourth-order valence-corrected chi connectivity index (χ4v) is 2.92. The highest BCUT2D eigenvalue weighted by Gasteiger charge is 2.33. The molecule has 0 spiro atoms. The molecule has 0 aromatic heterocycles. The third-order valence-corrected chi connectivity index (χ3v) is 4.94. The second-order valence-electron chi connectivity index (χ2n) is 8.02. The van der Waals surface area contributed by atoms with Gasteiger partial charge in [-0.1, -0.05) is 6.42 Å². The molecule has 200 valence electrons. The zero-order valence-corrected chi connectivity index (χ0v) is 19.6. The van der Waals surface area contributed by atoms with Gasteiger partial charge in [-0.3, -0.25) is 24.0 Å². The molecule has 0 aromatic carbocycles. The summed E-state index contributed by atoms with van der Waals surface area (Å²) in [6, 6.07) is -5.55. The summed E-state index contributed by atoms with van der Waals surface area (Å²) >= 11 is 0. The van der Waals surface area contributed by atoms with Crippen LogP contribution >= 0.6 is 0 Å². The fourth-order valence-electron chi connectivity index (χ4n) is 2.92. The lowest BCUT2D eigenvalue weighted by Crippen LogP contribution is -2.59. The van der Waals surface area contributed by atoms with E-state index >= 15 is 0 Å². The summed E-state index contributed by atoms with van der Waals surface area (Å²) in [4.78, 5) is 71.0. The fraction of sp³-hybridized carbons (Fsp3) is 0.700. The number of nitrogens with two attached hydrogens (primary N) is 3. The highest BCUT2D eigenvalue weighted by Crippen LogP contribution is 2.05. The molecule has 5 unspecified atom stereocenters. The smallest absolute Gasteiger partial charge is 0.326 e. The van der Waals surface area contributed by atoms with Gasteiger partial charge in [0.25, 0.3) is 0 Å². The lowest BCUT2D eigenvalue weighted by Gasteiger charge is -2.26. The molecule has 35 heavy (non-hydrogen) atoms. The van der Waals surface area contributed by atoms with Crippen LogP contribution < -0.4 is 33.2 Å². The predicted molar refractivity (Wildman–Crippen MR) is 121 cm³/mol. The average molecular weight is 505 g/mol. The number of hydrogen-bond donors (Lipinski definition) is 9. The summed E-state index contributed by atoms with van der Waals surface area (Å²) in [7, 11) is 0. The Labute approximate surface area is 202 Å². The molecule has 0 aliphatic carbocycles. The monoisotopic (exact) mass is 504 g/mol. The number of nitrogens with one attached hydrogen (secondary N) is 3. The van der Waals surface area contributed by atoms with Crippen LogP contribution in [0.3, 0.4) is 0 Å². The molecule has 15 nitrogen and oxygen atoms in total. The zero-order valence-electron chi connectivity index (χ0n) is 19.6. The van der Waals surface area contributed by atoms with Crippen LogP contribution in [0.15, 0.2) is 0 Å². The normalized spacial score (nSPS) is 15.1. The van der Waals surface area contributed by atoms with E-state index in [9.17, 15) is 39.0 Å². The summed E-state index contributed by atoms with van der Waals surface area (Å²) in [5, 5.41) is 34.6. The predicted octanol–water partition coefficient (Wildman–Crippen LogP) is -3.51. The largest absolute Gasteiger partial charge is 0.481 e. The van der Waals surface area contributed by atoms with E-state index in [2.05, 4.69) is 16.0 Å². The van der Waals surface area contributed by atoms with E-state index in [-0.39, 0.29) is 12.8 Å². The van der Waals surface area contributed by atoms with E-state index < -0.39 is 78.7 Å². The number of primary amides is 1. The Kier molecular flexibility index (Phi) is 14.8. The summed E-state index contributed by atoms with van der Waals surface area (Å²) in [5.41, 5.74) is 16.3. The van der Waals surface area contributed by atoms with E-state index in [1.54, 1.807) is 0 Å². The molecule has 0 rings (SSSR count). The van der Waals surface area contributed by atoms with Crippen molar-refractivity contribution >= 4 is 35.6 Å². The standard InChI is InChI=1S/C20H36N6O9/c1-10(27)16(19(33)25-13(20(34)35)6-8-15(29)30)26-18(32)12(5-7-14(23)28)24-17(31)11(22)4-2-3-9-21/h10-13,16,27H,2-9,21-22H2,1H3,(H2,23,28)(H,24,31)(H,25,33)(H,26,32)(H,29,30)(H,34,35). The van der Waals surface area contributed by atoms with E-state index in [1.807, 2.05) is 0 Å². The maximum atomic E-state index is 12.8. The summed E-state index contributed by atoms with van der Waals surface area (Å²) in [6.07, 6.45) is -1.50. The van der Waals surface area contributed by atoms with E-state index in [0.717, 1.165) is 6.92 Å². The first-order valence-corrected chi connectivity index (χ1v) is 11.1. The number of amides is 4. The third-order valence-electron chi connectivity index (χ3n) is 4.94. The third kappa shape index (κ3) is 13.2. The molecule has 12 N–H and O–H groups in total. The second-order valence-corrected chi connectivity index (χ2v) is 8.02. The van der Waals surface area contributed by atoms with Crippen molar-refractivity contribution in [3.63, 3.8) is 0 Å². The Bertz CT molecular complexity index is 761. The van der Waals surface area contributed by atoms with E-state index in [4.69, 9.17) is 22.3 Å². The van der Waals surface area contributed by atoms with Crippen LogP contribution in [0.5, 0.6) is 0 Å². The molecule has 5 atom stereocenters. The van der Waals surface area contributed by atoms with Gasteiger partial charge >= 0.3 is 11.9 Å². The van der Waals surface area contributed by atoms with Gasteiger partial charge in [-0.25, -0.2) is 4.79 Å². The highest BCUT2D eigenvalue weighted by molar-refractivity contribution is 5.94. The molecule has 0 saturated heterocycles. The second kappa shape index (κ2) is 16.3. The average Bonchev–Trinajstić information content (AvgIpc) is 2.76. The van der Waals surface area contributed by atoms with Crippen LogP contribution in [0, 0.1) is 0 Å². The minimum Gasteiger partial charge on any atom is -0.481 e. The van der Waals surface area contributed by atoms with Gasteiger partial charge in [-0.05, 0) is 39.2 Å². The van der Waals surface area contributed by atoms with Crippen molar-refractivity contribution in [1.29, 1.82) is 0 Å². The molecule has 4 amide bonds. The molecule has 15 heteroatoms. The van der Waals surface area contributed by atoms with Crippen molar-refractivity contribution in [3.8, 4) is 0 Å². The van der Waals surface area contributed by atoms with Gasteiger partial charge in [0.2, 0.25) is 23.6 Å². The topological polar surface area (TPSA) is 277 Å². The van der Waals surface area contributed by atoms with Crippen molar-refractivity contribution < 1.29 is 44.1 Å². The van der Waals surface area contributed by atoms with Crippen LogP contribution in [0.2, 0.25) is 0 Å². The summed E-state index contributed by atoms with van der Waals surface area (Å²) < 4.78 is 0. The molecule has 0 heterocycles. The van der Waals surface area contributed by atoms with Gasteiger partial charge in [0.1, 0.15) is 18.1 Å². The first kappa shape index (κ1) is 31.7. The van der Waals surface area contributed by atoms with Crippen LogP contribution in [-0.4, -0.2) is 87.7 Å². The number of aliphatic carboxylic acids is 2. The maximum Gasteiger partial charge on any atom is 0.326 e. The van der Waals surface area contributed by atoms with Crippen molar-refractivity contribution in [3.05, 3.63) is 0 Å². The van der Waals surface area contributed by atoms with Crippen molar-refractivity contribution in [2.75, 3.05) is 6.54 Å². The zero-order chi connectivity index (χ0) is 27.1. The lowest BCUT2D eigenvalue weighted by molar-refractivity contribution is -0.144. The van der Waals surface area contributed by atoms with Crippen LogP contribution in [0.4, 0.5) is 0 Å². The number of carbonyl (C=O) groups excluding carboxylic acids is 4. The quantitative estimate of drug-likeness (QED) is 0.0825. The van der Waals surface area contributed by atoms with E-state index in [0.29, 0.717) is 25.8 Å². The maximum absolute atomic E-state index is 12.8. The number of carboxylic acids is 2. The molecular formula is C20H36N6O9. The Morgan fingerprint density at radius 1 is 0.800 bits per heavy atom. The first-order chi connectivity index (χ1) is 16.3. The number of hydrogen-bond acceptors (Lipinski definition) is 9. The number of aliphatic hydroxyl groups excluding tert-OH is 1. The Morgan fingerprint density at radius 2 is 1.37 bits per heavy atom. The molecule has 0 radical (unpaired) electrons. The van der Waals surface area contributed by atoms with Crippen molar-refractivity contribution in [2.45, 2.75) is 82.1 Å². The number of rotatable bonds is 18. The number of unbranched alkanes of at least 4 members (excludes halogenated alkanes) is 1. The Morgan fingerprint density at radius 3 is 1.86 bits per heavy atom. The first-order valence-electron chi connectivity index (χ1n) is 11.1. The van der Waals surface area contributed by atoms with Gasteiger partial charge in [-0.2, -0.15) is 0 Å².